The van der Waals surface area contributed by atoms with E-state index in [0.717, 1.165) is 12.1 Å². The summed E-state index contributed by atoms with van der Waals surface area (Å²) in [6, 6.07) is 7.49. The molecule has 122 valence electrons. The molecule has 0 radical (unpaired) electrons. The maximum atomic E-state index is 13.0. The number of hydrogen-bond donors (Lipinski definition) is 0. The van der Waals surface area contributed by atoms with Crippen LogP contribution in [0.4, 0.5) is 0 Å². The van der Waals surface area contributed by atoms with Gasteiger partial charge in [-0.15, -0.1) is 0 Å². The van der Waals surface area contributed by atoms with Crippen molar-refractivity contribution in [2.24, 2.45) is 5.92 Å². The average molecular weight is 314 g/mol. The van der Waals surface area contributed by atoms with Gasteiger partial charge in [0.05, 0.1) is 24.0 Å². The number of nitrogens with zero attached hydrogens (tertiary/aromatic N) is 4. The first kappa shape index (κ1) is 15.7. The molecule has 1 saturated heterocycles. The Bertz CT molecular complexity index is 654. The molecule has 0 unspecified atom stereocenters. The molecule has 0 spiro atoms. The number of benzene rings is 1. The number of carbonyl (C=O) groups excluding carboxylic acids is 1. The fourth-order valence-electron chi connectivity index (χ4n) is 2.93. The lowest BCUT2D eigenvalue weighted by molar-refractivity contribution is -0.0298. The third-order valence-corrected chi connectivity index (χ3v) is 3.96. The number of morpholine rings is 1. The summed E-state index contributed by atoms with van der Waals surface area (Å²) < 4.78 is 7.41. The van der Waals surface area contributed by atoms with Crippen molar-refractivity contribution >= 4 is 5.91 Å². The second-order valence-electron chi connectivity index (χ2n) is 6.23. The molecule has 0 bridgehead atoms. The number of para-hydroxylation sites is 1. The largest absolute Gasteiger partial charge is 0.375 e. The molecule has 2 aromatic rings. The molecule has 1 amide bonds. The highest BCUT2D eigenvalue weighted by atomic mass is 16.5. The smallest absolute Gasteiger partial charge is 0.256 e. The molecule has 0 saturated carbocycles. The van der Waals surface area contributed by atoms with Crippen LogP contribution in [0.2, 0.25) is 0 Å². The van der Waals surface area contributed by atoms with Crippen molar-refractivity contribution in [3.05, 3.63) is 42.5 Å². The number of rotatable bonds is 4. The van der Waals surface area contributed by atoms with Crippen LogP contribution in [0.25, 0.3) is 5.69 Å². The van der Waals surface area contributed by atoms with Crippen LogP contribution >= 0.6 is 0 Å². The minimum Gasteiger partial charge on any atom is -0.375 e. The number of ether oxygens (including phenoxy) is 1. The minimum atomic E-state index is 0.0214. The Labute approximate surface area is 136 Å². The van der Waals surface area contributed by atoms with Crippen LogP contribution in [-0.4, -0.2) is 51.4 Å². The van der Waals surface area contributed by atoms with Crippen LogP contribution in [0.3, 0.4) is 0 Å². The van der Waals surface area contributed by atoms with Gasteiger partial charge in [-0.25, -0.2) is 9.67 Å². The predicted octanol–water partition coefficient (Wildman–Crippen LogP) is 2.15. The van der Waals surface area contributed by atoms with Gasteiger partial charge < -0.3 is 9.64 Å². The summed E-state index contributed by atoms with van der Waals surface area (Å²) in [7, 11) is 0. The number of carbonyl (C=O) groups is 1. The van der Waals surface area contributed by atoms with Crippen molar-refractivity contribution in [1.82, 2.24) is 19.7 Å². The summed E-state index contributed by atoms with van der Waals surface area (Å²) in [4.78, 5) is 18.8. The topological polar surface area (TPSA) is 60.2 Å². The molecule has 1 atom stereocenters. The highest BCUT2D eigenvalue weighted by molar-refractivity contribution is 5.97. The first-order chi connectivity index (χ1) is 11.1. The fourth-order valence-corrected chi connectivity index (χ4v) is 2.93. The Balaban J connectivity index is 1.81. The Kier molecular flexibility index (Phi) is 4.71. The van der Waals surface area contributed by atoms with Crippen LogP contribution in [-0.2, 0) is 4.74 Å². The van der Waals surface area contributed by atoms with Gasteiger partial charge in [0.1, 0.15) is 12.7 Å². The molecule has 0 N–H and O–H groups in total. The average Bonchev–Trinajstić information content (AvgIpc) is 3.08. The monoisotopic (exact) mass is 314 g/mol. The number of aromatic nitrogens is 3. The Hall–Kier alpha value is -2.21. The summed E-state index contributed by atoms with van der Waals surface area (Å²) >= 11 is 0. The van der Waals surface area contributed by atoms with Gasteiger partial charge in [0.15, 0.2) is 0 Å². The highest BCUT2D eigenvalue weighted by Crippen LogP contribution is 2.19. The van der Waals surface area contributed by atoms with Crippen LogP contribution < -0.4 is 0 Å². The zero-order chi connectivity index (χ0) is 16.2. The van der Waals surface area contributed by atoms with E-state index in [1.54, 1.807) is 11.0 Å². The number of amides is 1. The molecular weight excluding hydrogens is 292 g/mol. The van der Waals surface area contributed by atoms with E-state index in [0.29, 0.717) is 31.2 Å². The van der Waals surface area contributed by atoms with E-state index in [-0.39, 0.29) is 12.0 Å². The van der Waals surface area contributed by atoms with Gasteiger partial charge in [0, 0.05) is 13.1 Å². The summed E-state index contributed by atoms with van der Waals surface area (Å²) in [6.07, 6.45) is 4.15. The lowest BCUT2D eigenvalue weighted by Gasteiger charge is -2.34. The van der Waals surface area contributed by atoms with Crippen LogP contribution in [0.15, 0.2) is 36.9 Å². The van der Waals surface area contributed by atoms with Crippen molar-refractivity contribution in [3.63, 3.8) is 0 Å². The van der Waals surface area contributed by atoms with E-state index in [1.807, 2.05) is 29.2 Å². The van der Waals surface area contributed by atoms with Gasteiger partial charge in [-0.3, -0.25) is 4.79 Å². The highest BCUT2D eigenvalue weighted by Gasteiger charge is 2.27. The molecule has 0 aliphatic carbocycles. The molecular formula is C17H22N4O2. The van der Waals surface area contributed by atoms with Gasteiger partial charge in [-0.05, 0) is 24.5 Å². The summed E-state index contributed by atoms with van der Waals surface area (Å²) in [5, 5.41) is 4.14. The zero-order valence-corrected chi connectivity index (χ0v) is 13.6. The van der Waals surface area contributed by atoms with Crippen molar-refractivity contribution in [1.29, 1.82) is 0 Å². The predicted molar refractivity (Wildman–Crippen MR) is 86.5 cm³/mol. The van der Waals surface area contributed by atoms with E-state index >= 15 is 0 Å². The van der Waals surface area contributed by atoms with E-state index in [1.165, 1.54) is 6.33 Å². The first-order valence-electron chi connectivity index (χ1n) is 8.00. The van der Waals surface area contributed by atoms with Crippen LogP contribution in [0, 0.1) is 5.92 Å². The van der Waals surface area contributed by atoms with Gasteiger partial charge in [-0.2, -0.15) is 5.10 Å². The van der Waals surface area contributed by atoms with E-state index in [4.69, 9.17) is 4.74 Å². The van der Waals surface area contributed by atoms with Crippen molar-refractivity contribution in [2.45, 2.75) is 26.4 Å². The van der Waals surface area contributed by atoms with Crippen LogP contribution in [0.5, 0.6) is 0 Å². The fraction of sp³-hybridized carbons (Fsp3) is 0.471. The van der Waals surface area contributed by atoms with Gasteiger partial charge in [-0.1, -0.05) is 26.0 Å². The summed E-state index contributed by atoms with van der Waals surface area (Å²) in [5.41, 5.74) is 1.39. The van der Waals surface area contributed by atoms with Crippen molar-refractivity contribution in [3.8, 4) is 5.69 Å². The molecule has 1 aromatic carbocycles. The quantitative estimate of drug-likeness (QED) is 0.867. The van der Waals surface area contributed by atoms with Crippen LogP contribution in [0.1, 0.15) is 30.6 Å². The second-order valence-corrected chi connectivity index (χ2v) is 6.23. The zero-order valence-electron chi connectivity index (χ0n) is 13.6. The third kappa shape index (κ3) is 3.59. The maximum absolute atomic E-state index is 13.0. The van der Waals surface area contributed by atoms with Gasteiger partial charge >= 0.3 is 0 Å². The molecule has 23 heavy (non-hydrogen) atoms. The minimum absolute atomic E-state index is 0.0214. The molecule has 6 nitrogen and oxygen atoms in total. The Morgan fingerprint density at radius 1 is 1.39 bits per heavy atom. The molecule has 3 rings (SSSR count). The lowest BCUT2D eigenvalue weighted by Crippen LogP contribution is -2.46. The molecule has 1 aliphatic heterocycles. The normalized spacial score (nSPS) is 18.4. The number of hydrogen-bond acceptors (Lipinski definition) is 4. The summed E-state index contributed by atoms with van der Waals surface area (Å²) in [5.74, 6) is 0.575. The Morgan fingerprint density at radius 3 is 2.96 bits per heavy atom. The van der Waals surface area contributed by atoms with Crippen molar-refractivity contribution in [2.75, 3.05) is 19.7 Å². The van der Waals surface area contributed by atoms with Crippen molar-refractivity contribution < 1.29 is 9.53 Å². The molecule has 1 aromatic heterocycles. The SMILES string of the molecule is CC(C)C[C@H]1CN(C(=O)c2ccccc2-n2cncn2)CCO1. The second kappa shape index (κ2) is 6.91. The maximum Gasteiger partial charge on any atom is 0.256 e. The Morgan fingerprint density at radius 2 is 2.22 bits per heavy atom. The molecule has 1 fully saturated rings. The van der Waals surface area contributed by atoms with E-state index in [2.05, 4.69) is 23.9 Å². The van der Waals surface area contributed by atoms with Gasteiger partial charge in [0.2, 0.25) is 0 Å². The lowest BCUT2D eigenvalue weighted by atomic mass is 10.0. The third-order valence-electron chi connectivity index (χ3n) is 3.96. The molecule has 6 heteroatoms. The summed E-state index contributed by atoms with van der Waals surface area (Å²) in [6.45, 7) is 6.20. The molecule has 1 aliphatic rings. The standard InChI is InChI=1S/C17H22N4O2/c1-13(2)9-14-10-20(7-8-23-14)17(22)15-5-3-4-6-16(15)21-12-18-11-19-21/h3-6,11-14H,7-10H2,1-2H3/t14-/m0/s1. The van der Waals surface area contributed by atoms with Gasteiger partial charge in [0.25, 0.3) is 5.91 Å². The van der Waals surface area contributed by atoms with E-state index in [9.17, 15) is 4.79 Å². The molecule has 2 heterocycles. The van der Waals surface area contributed by atoms with E-state index < -0.39 is 0 Å². The first-order valence-corrected chi connectivity index (χ1v) is 8.00.